The first kappa shape index (κ1) is 16.0. The monoisotopic (exact) mass is 255 g/mol. The van der Waals surface area contributed by atoms with Crippen LogP contribution in [0.25, 0.3) is 0 Å². The van der Waals surface area contributed by atoms with Gasteiger partial charge in [-0.25, -0.2) is 0 Å². The summed E-state index contributed by atoms with van der Waals surface area (Å²) in [7, 11) is 0. The molecular weight excluding hydrogens is 222 g/mol. The molecule has 0 spiro atoms. The molecule has 0 atom stereocenters. The molecule has 2 nitrogen and oxygen atoms in total. The molecule has 1 heterocycles. The molecule has 0 amide bonds. The van der Waals surface area contributed by atoms with Crippen LogP contribution in [0, 0.1) is 5.21 Å². The molecule has 0 bridgehead atoms. The standard InChI is InChI=1S/C16H33NO/c1-2-3-4-5-6-7-8-9-10-11-14-17(18)15-12-13-16-17/h2-16H2,1H3. The maximum atomic E-state index is 12.1. The van der Waals surface area contributed by atoms with E-state index < -0.39 is 0 Å². The first-order valence-corrected chi connectivity index (χ1v) is 8.34. The van der Waals surface area contributed by atoms with Crippen LogP contribution in [0.15, 0.2) is 0 Å². The normalized spacial score (nSPS) is 18.3. The van der Waals surface area contributed by atoms with E-state index in [4.69, 9.17) is 0 Å². The van der Waals surface area contributed by atoms with Crippen molar-refractivity contribution >= 4 is 0 Å². The van der Waals surface area contributed by atoms with Crippen molar-refractivity contribution in [3.05, 3.63) is 5.21 Å². The molecule has 1 aliphatic rings. The Balaban J connectivity index is 1.78. The summed E-state index contributed by atoms with van der Waals surface area (Å²) < 4.78 is 0.122. The number of likely N-dealkylation sites (tertiary alicyclic amines) is 1. The third kappa shape index (κ3) is 7.38. The fourth-order valence-corrected chi connectivity index (χ4v) is 3.02. The minimum Gasteiger partial charge on any atom is -0.633 e. The number of unbranched alkanes of at least 4 members (excludes halogenated alkanes) is 9. The van der Waals surface area contributed by atoms with Crippen LogP contribution in [0.5, 0.6) is 0 Å². The van der Waals surface area contributed by atoms with Crippen LogP contribution in [0.2, 0.25) is 0 Å². The zero-order chi connectivity index (χ0) is 13.1. The van der Waals surface area contributed by atoms with E-state index in [9.17, 15) is 5.21 Å². The predicted molar refractivity (Wildman–Crippen MR) is 79.3 cm³/mol. The maximum absolute atomic E-state index is 12.1. The first-order valence-electron chi connectivity index (χ1n) is 8.34. The van der Waals surface area contributed by atoms with Crippen LogP contribution >= 0.6 is 0 Å². The Hall–Kier alpha value is -0.0800. The zero-order valence-electron chi connectivity index (χ0n) is 12.5. The lowest BCUT2D eigenvalue weighted by Gasteiger charge is -2.38. The van der Waals surface area contributed by atoms with Gasteiger partial charge in [-0.2, -0.15) is 0 Å². The van der Waals surface area contributed by atoms with Crippen LogP contribution in [-0.2, 0) is 0 Å². The first-order chi connectivity index (χ1) is 8.77. The van der Waals surface area contributed by atoms with Crippen LogP contribution in [-0.4, -0.2) is 24.3 Å². The van der Waals surface area contributed by atoms with E-state index >= 15 is 0 Å². The zero-order valence-corrected chi connectivity index (χ0v) is 12.5. The van der Waals surface area contributed by atoms with Crippen molar-refractivity contribution in [3.63, 3.8) is 0 Å². The van der Waals surface area contributed by atoms with Gasteiger partial charge in [-0.3, -0.25) is 0 Å². The number of quaternary nitrogens is 1. The largest absolute Gasteiger partial charge is 0.633 e. The second kappa shape index (κ2) is 9.80. The smallest absolute Gasteiger partial charge is 0.0786 e. The average molecular weight is 255 g/mol. The summed E-state index contributed by atoms with van der Waals surface area (Å²) in [6.07, 6.45) is 15.9. The Morgan fingerprint density at radius 1 is 0.722 bits per heavy atom. The summed E-state index contributed by atoms with van der Waals surface area (Å²) in [6.45, 7) is 4.93. The second-order valence-corrected chi connectivity index (χ2v) is 6.12. The van der Waals surface area contributed by atoms with Crippen molar-refractivity contribution < 1.29 is 4.65 Å². The molecule has 0 radical (unpaired) electrons. The molecule has 0 unspecified atom stereocenters. The lowest BCUT2D eigenvalue weighted by atomic mass is 10.1. The van der Waals surface area contributed by atoms with Gasteiger partial charge in [0.2, 0.25) is 0 Å². The third-order valence-corrected chi connectivity index (χ3v) is 4.30. The van der Waals surface area contributed by atoms with Gasteiger partial charge in [-0.1, -0.05) is 58.3 Å². The Labute approximate surface area is 114 Å². The molecule has 2 heteroatoms. The maximum Gasteiger partial charge on any atom is 0.0786 e. The lowest BCUT2D eigenvalue weighted by Crippen LogP contribution is -2.39. The van der Waals surface area contributed by atoms with Crippen molar-refractivity contribution in [3.8, 4) is 0 Å². The van der Waals surface area contributed by atoms with E-state index in [0.29, 0.717) is 0 Å². The fourth-order valence-electron chi connectivity index (χ4n) is 3.02. The van der Waals surface area contributed by atoms with E-state index in [1.807, 2.05) is 0 Å². The Bertz CT molecular complexity index is 188. The number of hydroxylamine groups is 3. The summed E-state index contributed by atoms with van der Waals surface area (Å²) in [5.41, 5.74) is 0. The summed E-state index contributed by atoms with van der Waals surface area (Å²) in [5.74, 6) is 0. The van der Waals surface area contributed by atoms with Gasteiger partial charge in [0.05, 0.1) is 19.6 Å². The quantitative estimate of drug-likeness (QED) is 0.289. The average Bonchev–Trinajstić information content (AvgIpc) is 2.79. The highest BCUT2D eigenvalue weighted by molar-refractivity contribution is 4.55. The third-order valence-electron chi connectivity index (χ3n) is 4.30. The fraction of sp³-hybridized carbons (Fsp3) is 1.00. The topological polar surface area (TPSA) is 23.1 Å². The Morgan fingerprint density at radius 3 is 1.67 bits per heavy atom. The van der Waals surface area contributed by atoms with Gasteiger partial charge in [0.15, 0.2) is 0 Å². The second-order valence-electron chi connectivity index (χ2n) is 6.12. The number of nitrogens with zero attached hydrogens (tertiary/aromatic N) is 1. The van der Waals surface area contributed by atoms with Crippen LogP contribution < -0.4 is 0 Å². The SMILES string of the molecule is CCCCCCCCCCCC[N+]1([O-])CCCC1. The van der Waals surface area contributed by atoms with Gasteiger partial charge in [0, 0.05) is 12.8 Å². The number of hydrogen-bond acceptors (Lipinski definition) is 1. The highest BCUT2D eigenvalue weighted by atomic mass is 16.5. The summed E-state index contributed by atoms with van der Waals surface area (Å²) in [6, 6.07) is 0. The molecule has 1 rings (SSSR count). The van der Waals surface area contributed by atoms with Gasteiger partial charge in [-0.15, -0.1) is 0 Å². The lowest BCUT2D eigenvalue weighted by molar-refractivity contribution is -0.868. The van der Waals surface area contributed by atoms with Crippen LogP contribution in [0.1, 0.15) is 84.0 Å². The molecule has 108 valence electrons. The molecule has 0 aliphatic carbocycles. The van der Waals surface area contributed by atoms with Gasteiger partial charge in [-0.05, 0) is 12.8 Å². The van der Waals surface area contributed by atoms with Crippen molar-refractivity contribution in [2.24, 2.45) is 0 Å². The van der Waals surface area contributed by atoms with E-state index in [-0.39, 0.29) is 4.65 Å². The molecule has 18 heavy (non-hydrogen) atoms. The van der Waals surface area contributed by atoms with E-state index in [1.54, 1.807) is 0 Å². The molecule has 0 aromatic rings. The molecule has 0 aromatic carbocycles. The highest BCUT2D eigenvalue weighted by Gasteiger charge is 2.21. The Kier molecular flexibility index (Phi) is 8.70. The van der Waals surface area contributed by atoms with Gasteiger partial charge in [0.1, 0.15) is 0 Å². The summed E-state index contributed by atoms with van der Waals surface area (Å²) in [4.78, 5) is 0. The van der Waals surface area contributed by atoms with Gasteiger partial charge < -0.3 is 9.85 Å². The molecular formula is C16H33NO. The van der Waals surface area contributed by atoms with Crippen molar-refractivity contribution in [1.29, 1.82) is 0 Å². The van der Waals surface area contributed by atoms with E-state index in [1.165, 1.54) is 57.8 Å². The minimum absolute atomic E-state index is 0.122. The number of hydrogen-bond donors (Lipinski definition) is 0. The number of rotatable bonds is 11. The molecule has 1 saturated heterocycles. The molecule has 0 N–H and O–H groups in total. The molecule has 1 fully saturated rings. The van der Waals surface area contributed by atoms with Crippen molar-refractivity contribution in [2.75, 3.05) is 19.6 Å². The molecule has 1 aliphatic heterocycles. The van der Waals surface area contributed by atoms with Gasteiger partial charge in [0.25, 0.3) is 0 Å². The van der Waals surface area contributed by atoms with E-state index in [0.717, 1.165) is 38.9 Å². The van der Waals surface area contributed by atoms with Crippen LogP contribution in [0.3, 0.4) is 0 Å². The van der Waals surface area contributed by atoms with Gasteiger partial charge >= 0.3 is 0 Å². The predicted octanol–water partition coefficient (Wildman–Crippen LogP) is 5.02. The van der Waals surface area contributed by atoms with E-state index in [2.05, 4.69) is 6.92 Å². The van der Waals surface area contributed by atoms with Crippen molar-refractivity contribution in [1.82, 2.24) is 0 Å². The highest BCUT2D eigenvalue weighted by Crippen LogP contribution is 2.19. The summed E-state index contributed by atoms with van der Waals surface area (Å²) >= 11 is 0. The van der Waals surface area contributed by atoms with Crippen LogP contribution in [0.4, 0.5) is 0 Å². The minimum atomic E-state index is 0.122. The molecule has 0 aromatic heterocycles. The van der Waals surface area contributed by atoms with Crippen molar-refractivity contribution in [2.45, 2.75) is 84.0 Å². The Morgan fingerprint density at radius 2 is 1.17 bits per heavy atom. The molecule has 0 saturated carbocycles. The summed E-state index contributed by atoms with van der Waals surface area (Å²) in [5, 5.41) is 12.1.